The van der Waals surface area contributed by atoms with Gasteiger partial charge in [0.2, 0.25) is 0 Å². The van der Waals surface area contributed by atoms with E-state index >= 15 is 0 Å². The van der Waals surface area contributed by atoms with E-state index in [0.29, 0.717) is 22.8 Å². The molecule has 2 aromatic rings. The number of hydrogen-bond donors (Lipinski definition) is 0. The van der Waals surface area contributed by atoms with Gasteiger partial charge in [-0.05, 0) is 30.7 Å². The van der Waals surface area contributed by atoms with Gasteiger partial charge >= 0.3 is 5.97 Å². The second-order valence-electron chi connectivity index (χ2n) is 4.96. The van der Waals surface area contributed by atoms with Crippen LogP contribution in [0, 0.1) is 6.92 Å². The first-order valence-corrected chi connectivity index (χ1v) is 8.10. The molecule has 0 unspecified atom stereocenters. The van der Waals surface area contributed by atoms with Crippen LogP contribution in [0.3, 0.4) is 0 Å². The van der Waals surface area contributed by atoms with Gasteiger partial charge in [-0.2, -0.15) is 0 Å². The lowest BCUT2D eigenvalue weighted by Crippen LogP contribution is -2.08. The molecule has 0 saturated carbocycles. The standard InChI is InChI=1S/C18H20O4S/c1-12-5-7-15(8-6-12)23-11-13-9-14(20-2)10-16(21-3)17(13)18(19)22-4/h5-10H,11H2,1-4H3. The van der Waals surface area contributed by atoms with Crippen LogP contribution >= 0.6 is 11.8 Å². The topological polar surface area (TPSA) is 44.8 Å². The fraction of sp³-hybridized carbons (Fsp3) is 0.278. The Morgan fingerprint density at radius 2 is 1.74 bits per heavy atom. The van der Waals surface area contributed by atoms with Gasteiger partial charge < -0.3 is 14.2 Å². The van der Waals surface area contributed by atoms with Gasteiger partial charge in [-0.25, -0.2) is 4.79 Å². The number of methoxy groups -OCH3 is 3. The summed E-state index contributed by atoms with van der Waals surface area (Å²) in [6, 6.07) is 11.8. The summed E-state index contributed by atoms with van der Waals surface area (Å²) in [6.45, 7) is 2.05. The Balaban J connectivity index is 2.34. The fourth-order valence-electron chi connectivity index (χ4n) is 2.17. The van der Waals surface area contributed by atoms with Gasteiger partial charge in [-0.3, -0.25) is 0 Å². The lowest BCUT2D eigenvalue weighted by atomic mass is 10.1. The maximum absolute atomic E-state index is 12.1. The van der Waals surface area contributed by atoms with Crippen LogP contribution in [0.5, 0.6) is 11.5 Å². The Morgan fingerprint density at radius 1 is 1.04 bits per heavy atom. The molecule has 0 aliphatic carbocycles. The van der Waals surface area contributed by atoms with E-state index in [9.17, 15) is 4.79 Å². The summed E-state index contributed by atoms with van der Waals surface area (Å²) in [5.41, 5.74) is 2.47. The van der Waals surface area contributed by atoms with E-state index in [-0.39, 0.29) is 0 Å². The summed E-state index contributed by atoms with van der Waals surface area (Å²) in [6.07, 6.45) is 0. The Bertz CT molecular complexity index is 680. The van der Waals surface area contributed by atoms with Gasteiger partial charge in [-0.1, -0.05) is 17.7 Å². The summed E-state index contributed by atoms with van der Waals surface area (Å²) in [4.78, 5) is 13.2. The number of thioether (sulfide) groups is 1. The second-order valence-corrected chi connectivity index (χ2v) is 6.01. The molecule has 0 amide bonds. The minimum absolute atomic E-state index is 0.413. The Morgan fingerprint density at radius 3 is 2.30 bits per heavy atom. The SMILES string of the molecule is COC(=O)c1c(CSc2ccc(C)cc2)cc(OC)cc1OC. The molecule has 0 spiro atoms. The number of carbonyl (C=O) groups is 1. The Labute approximate surface area is 140 Å². The summed E-state index contributed by atoms with van der Waals surface area (Å²) >= 11 is 1.64. The quantitative estimate of drug-likeness (QED) is 0.589. The summed E-state index contributed by atoms with van der Waals surface area (Å²) in [7, 11) is 4.48. The van der Waals surface area contributed by atoms with E-state index in [1.54, 1.807) is 24.9 Å². The van der Waals surface area contributed by atoms with Crippen molar-refractivity contribution in [1.82, 2.24) is 0 Å². The van der Waals surface area contributed by atoms with Gasteiger partial charge in [0.05, 0.1) is 21.3 Å². The van der Waals surface area contributed by atoms with Crippen molar-refractivity contribution < 1.29 is 19.0 Å². The smallest absolute Gasteiger partial charge is 0.341 e. The summed E-state index contributed by atoms with van der Waals surface area (Å²) in [5, 5.41) is 0. The van der Waals surface area contributed by atoms with Crippen LogP contribution in [0.1, 0.15) is 21.5 Å². The number of benzene rings is 2. The highest BCUT2D eigenvalue weighted by molar-refractivity contribution is 7.98. The Kier molecular flexibility index (Phi) is 5.93. The van der Waals surface area contributed by atoms with Crippen LogP contribution in [0.4, 0.5) is 0 Å². The van der Waals surface area contributed by atoms with Crippen molar-refractivity contribution >= 4 is 17.7 Å². The van der Waals surface area contributed by atoms with E-state index < -0.39 is 5.97 Å². The van der Waals surface area contributed by atoms with Crippen molar-refractivity contribution in [2.75, 3.05) is 21.3 Å². The molecule has 0 saturated heterocycles. The minimum atomic E-state index is -0.413. The molecule has 0 bridgehead atoms. The molecule has 4 nitrogen and oxygen atoms in total. The van der Waals surface area contributed by atoms with Crippen molar-refractivity contribution in [1.29, 1.82) is 0 Å². The molecule has 0 N–H and O–H groups in total. The lowest BCUT2D eigenvalue weighted by molar-refractivity contribution is 0.0596. The van der Waals surface area contributed by atoms with Crippen molar-refractivity contribution in [3.8, 4) is 11.5 Å². The van der Waals surface area contributed by atoms with E-state index in [1.807, 2.05) is 6.07 Å². The number of hydrogen-bond acceptors (Lipinski definition) is 5. The first-order chi connectivity index (χ1) is 11.1. The van der Waals surface area contributed by atoms with E-state index in [1.165, 1.54) is 19.8 Å². The average Bonchev–Trinajstić information content (AvgIpc) is 2.59. The number of aryl methyl sites for hydroxylation is 1. The van der Waals surface area contributed by atoms with Crippen molar-refractivity contribution in [2.24, 2.45) is 0 Å². The van der Waals surface area contributed by atoms with Crippen LogP contribution in [0.15, 0.2) is 41.3 Å². The molecule has 5 heteroatoms. The predicted molar refractivity (Wildman–Crippen MR) is 91.6 cm³/mol. The number of carbonyl (C=O) groups excluding carboxylic acids is 1. The zero-order valence-corrected chi connectivity index (χ0v) is 14.5. The van der Waals surface area contributed by atoms with Crippen LogP contribution in [0.2, 0.25) is 0 Å². The van der Waals surface area contributed by atoms with Crippen LogP contribution < -0.4 is 9.47 Å². The molecule has 2 aromatic carbocycles. The molecule has 0 radical (unpaired) electrons. The molecular formula is C18H20O4S. The van der Waals surface area contributed by atoms with Gasteiger partial charge in [-0.15, -0.1) is 11.8 Å². The van der Waals surface area contributed by atoms with Crippen molar-refractivity contribution in [2.45, 2.75) is 17.6 Å². The molecule has 0 heterocycles. The highest BCUT2D eigenvalue weighted by atomic mass is 32.2. The molecule has 0 aliphatic heterocycles. The minimum Gasteiger partial charge on any atom is -0.497 e. The lowest BCUT2D eigenvalue weighted by Gasteiger charge is -2.14. The van der Waals surface area contributed by atoms with Crippen LogP contribution in [-0.4, -0.2) is 27.3 Å². The highest BCUT2D eigenvalue weighted by Gasteiger charge is 2.20. The largest absolute Gasteiger partial charge is 0.497 e. The molecule has 0 aromatic heterocycles. The molecule has 23 heavy (non-hydrogen) atoms. The third kappa shape index (κ3) is 4.20. The molecule has 0 fully saturated rings. The van der Waals surface area contributed by atoms with Crippen LogP contribution in [-0.2, 0) is 10.5 Å². The number of esters is 1. The molecule has 0 atom stereocenters. The van der Waals surface area contributed by atoms with Crippen LogP contribution in [0.25, 0.3) is 0 Å². The van der Waals surface area contributed by atoms with Gasteiger partial charge in [0.1, 0.15) is 17.1 Å². The fourth-order valence-corrected chi connectivity index (χ4v) is 3.05. The third-order valence-electron chi connectivity index (χ3n) is 3.42. The monoisotopic (exact) mass is 332 g/mol. The molecular weight excluding hydrogens is 312 g/mol. The van der Waals surface area contributed by atoms with Crippen molar-refractivity contribution in [3.63, 3.8) is 0 Å². The molecule has 122 valence electrons. The zero-order chi connectivity index (χ0) is 16.8. The van der Waals surface area contributed by atoms with E-state index in [0.717, 1.165) is 10.5 Å². The predicted octanol–water partition coefficient (Wildman–Crippen LogP) is 4.09. The van der Waals surface area contributed by atoms with E-state index in [4.69, 9.17) is 14.2 Å². The molecule has 0 aliphatic rings. The first kappa shape index (κ1) is 17.2. The normalized spacial score (nSPS) is 10.3. The number of ether oxygens (including phenoxy) is 3. The Hall–Kier alpha value is -2.14. The zero-order valence-electron chi connectivity index (χ0n) is 13.7. The maximum atomic E-state index is 12.1. The third-order valence-corrected chi connectivity index (χ3v) is 4.48. The maximum Gasteiger partial charge on any atom is 0.341 e. The summed E-state index contributed by atoms with van der Waals surface area (Å²) < 4.78 is 15.5. The van der Waals surface area contributed by atoms with E-state index in [2.05, 4.69) is 31.2 Å². The highest BCUT2D eigenvalue weighted by Crippen LogP contribution is 2.33. The van der Waals surface area contributed by atoms with Crippen molar-refractivity contribution in [3.05, 3.63) is 53.1 Å². The second kappa shape index (κ2) is 7.92. The van der Waals surface area contributed by atoms with Gasteiger partial charge in [0.15, 0.2) is 0 Å². The number of rotatable bonds is 6. The van der Waals surface area contributed by atoms with Gasteiger partial charge in [0, 0.05) is 16.7 Å². The average molecular weight is 332 g/mol. The summed E-state index contributed by atoms with van der Waals surface area (Å²) in [5.74, 6) is 1.30. The molecule has 2 rings (SSSR count). The van der Waals surface area contributed by atoms with Gasteiger partial charge in [0.25, 0.3) is 0 Å². The first-order valence-electron chi connectivity index (χ1n) is 7.11.